The molecule has 0 aliphatic rings. The Morgan fingerprint density at radius 2 is 1.89 bits per heavy atom. The molecule has 0 aliphatic heterocycles. The smallest absolute Gasteiger partial charge is 0.150 e. The van der Waals surface area contributed by atoms with Gasteiger partial charge in [0, 0.05) is 18.7 Å². The molecule has 0 radical (unpaired) electrons. The van der Waals surface area contributed by atoms with Crippen LogP contribution in [0.2, 0.25) is 0 Å². The van der Waals surface area contributed by atoms with Crippen LogP contribution in [-0.4, -0.2) is 44.8 Å². The Bertz CT molecular complexity index is 484. The number of nitrogens with two attached hydrogens (primary N) is 1. The van der Waals surface area contributed by atoms with Crippen molar-refractivity contribution in [2.24, 2.45) is 5.73 Å². The fraction of sp³-hybridized carbons (Fsp3) is 0.538. The third-order valence-corrected chi connectivity index (χ3v) is 3.76. The fourth-order valence-corrected chi connectivity index (χ4v) is 2.77. The molecule has 3 N–H and O–H groups in total. The van der Waals surface area contributed by atoms with Gasteiger partial charge in [-0.3, -0.25) is 0 Å². The molecular formula is C13H21NO4S. The lowest BCUT2D eigenvalue weighted by molar-refractivity contribution is 0.167. The zero-order chi connectivity index (χ0) is 14.5. The molecule has 0 aromatic heterocycles. The lowest BCUT2D eigenvalue weighted by Gasteiger charge is -2.21. The van der Waals surface area contributed by atoms with Gasteiger partial charge in [-0.2, -0.15) is 0 Å². The molecule has 6 heteroatoms. The van der Waals surface area contributed by atoms with Crippen LogP contribution in [0.5, 0.6) is 5.75 Å². The number of rotatable bonds is 7. The second-order valence-electron chi connectivity index (χ2n) is 4.50. The van der Waals surface area contributed by atoms with E-state index < -0.39 is 21.9 Å². The van der Waals surface area contributed by atoms with E-state index in [-0.39, 0.29) is 12.3 Å². The van der Waals surface area contributed by atoms with Crippen molar-refractivity contribution in [3.63, 3.8) is 0 Å². The number of hydrogen-bond donors (Lipinski definition) is 2. The van der Waals surface area contributed by atoms with Crippen molar-refractivity contribution in [3.8, 4) is 5.75 Å². The molecule has 5 nitrogen and oxygen atoms in total. The van der Waals surface area contributed by atoms with E-state index in [1.165, 1.54) is 0 Å². The summed E-state index contributed by atoms with van der Waals surface area (Å²) < 4.78 is 27.7. The number of ether oxygens (including phenoxy) is 1. The van der Waals surface area contributed by atoms with Gasteiger partial charge < -0.3 is 15.6 Å². The van der Waals surface area contributed by atoms with E-state index in [9.17, 15) is 13.5 Å². The Hall–Kier alpha value is -1.11. The normalized spacial score (nSPS) is 14.9. The third kappa shape index (κ3) is 5.18. The average Bonchev–Trinajstić information content (AvgIpc) is 2.30. The van der Waals surface area contributed by atoms with Crippen LogP contribution in [0.4, 0.5) is 0 Å². The SMILES string of the molecule is CCOc1ccc(C(CN)C(O)CS(C)(=O)=O)cc1. The summed E-state index contributed by atoms with van der Waals surface area (Å²) in [6, 6.07) is 7.17. The van der Waals surface area contributed by atoms with Gasteiger partial charge in [0.25, 0.3) is 0 Å². The van der Waals surface area contributed by atoms with Crippen molar-refractivity contribution >= 4 is 9.84 Å². The summed E-state index contributed by atoms with van der Waals surface area (Å²) in [5, 5.41) is 9.98. The first-order valence-electron chi connectivity index (χ1n) is 6.16. The fourth-order valence-electron chi connectivity index (χ4n) is 1.92. The second-order valence-corrected chi connectivity index (χ2v) is 6.69. The number of aliphatic hydroxyl groups excluding tert-OH is 1. The van der Waals surface area contributed by atoms with Gasteiger partial charge >= 0.3 is 0 Å². The van der Waals surface area contributed by atoms with Crippen molar-refractivity contribution in [2.45, 2.75) is 18.9 Å². The molecule has 0 amide bonds. The highest BCUT2D eigenvalue weighted by Gasteiger charge is 2.23. The van der Waals surface area contributed by atoms with Gasteiger partial charge in [-0.25, -0.2) is 8.42 Å². The quantitative estimate of drug-likeness (QED) is 0.763. The predicted octanol–water partition coefficient (Wildman–Crippen LogP) is 0.533. The summed E-state index contributed by atoms with van der Waals surface area (Å²) in [7, 11) is -3.23. The minimum Gasteiger partial charge on any atom is -0.494 e. The Morgan fingerprint density at radius 1 is 1.32 bits per heavy atom. The second kappa shape index (κ2) is 6.88. The monoisotopic (exact) mass is 287 g/mol. The summed E-state index contributed by atoms with van der Waals surface area (Å²) in [5.74, 6) is 0.0484. The summed E-state index contributed by atoms with van der Waals surface area (Å²) in [5.41, 5.74) is 6.44. The molecule has 0 saturated carbocycles. The summed E-state index contributed by atoms with van der Waals surface area (Å²) in [6.45, 7) is 2.66. The number of benzene rings is 1. The Balaban J connectivity index is 2.84. The summed E-state index contributed by atoms with van der Waals surface area (Å²) >= 11 is 0. The van der Waals surface area contributed by atoms with Crippen LogP contribution in [0.25, 0.3) is 0 Å². The summed E-state index contributed by atoms with van der Waals surface area (Å²) in [6.07, 6.45) is 0.0973. The molecule has 0 saturated heterocycles. The molecule has 0 spiro atoms. The van der Waals surface area contributed by atoms with Gasteiger partial charge in [-0.15, -0.1) is 0 Å². The van der Waals surface area contributed by atoms with Crippen LogP contribution < -0.4 is 10.5 Å². The topological polar surface area (TPSA) is 89.6 Å². The molecule has 1 aromatic carbocycles. The first kappa shape index (κ1) is 15.9. The van der Waals surface area contributed by atoms with Crippen LogP contribution in [-0.2, 0) is 9.84 Å². The van der Waals surface area contributed by atoms with Crippen LogP contribution in [0.15, 0.2) is 24.3 Å². The highest BCUT2D eigenvalue weighted by Crippen LogP contribution is 2.22. The molecule has 2 atom stereocenters. The molecule has 108 valence electrons. The average molecular weight is 287 g/mol. The predicted molar refractivity (Wildman–Crippen MR) is 75.1 cm³/mol. The van der Waals surface area contributed by atoms with Crippen molar-refractivity contribution in [1.29, 1.82) is 0 Å². The van der Waals surface area contributed by atoms with Gasteiger partial charge in [-0.1, -0.05) is 12.1 Å². The molecule has 0 fully saturated rings. The maximum absolute atomic E-state index is 11.2. The van der Waals surface area contributed by atoms with Crippen molar-refractivity contribution in [3.05, 3.63) is 29.8 Å². The molecule has 1 rings (SSSR count). The molecule has 0 aliphatic carbocycles. The van der Waals surface area contributed by atoms with E-state index in [1.807, 2.05) is 6.92 Å². The third-order valence-electron chi connectivity index (χ3n) is 2.81. The lowest BCUT2D eigenvalue weighted by atomic mass is 9.94. The van der Waals surface area contributed by atoms with Gasteiger partial charge in [0.2, 0.25) is 0 Å². The van der Waals surface area contributed by atoms with Gasteiger partial charge in [0.05, 0.1) is 18.5 Å². The van der Waals surface area contributed by atoms with E-state index in [0.29, 0.717) is 6.61 Å². The maximum atomic E-state index is 11.2. The summed E-state index contributed by atoms with van der Waals surface area (Å²) in [4.78, 5) is 0. The first-order chi connectivity index (χ1) is 8.87. The minimum absolute atomic E-state index is 0.185. The first-order valence-corrected chi connectivity index (χ1v) is 8.22. The van der Waals surface area contributed by atoms with Crippen LogP contribution >= 0.6 is 0 Å². The Kier molecular flexibility index (Phi) is 5.78. The van der Waals surface area contributed by atoms with E-state index in [2.05, 4.69) is 0 Å². The molecular weight excluding hydrogens is 266 g/mol. The highest BCUT2D eigenvalue weighted by molar-refractivity contribution is 7.90. The zero-order valence-corrected chi connectivity index (χ0v) is 12.1. The molecule has 19 heavy (non-hydrogen) atoms. The van der Waals surface area contributed by atoms with Crippen molar-refractivity contribution in [1.82, 2.24) is 0 Å². The Morgan fingerprint density at radius 3 is 2.32 bits per heavy atom. The maximum Gasteiger partial charge on any atom is 0.150 e. The minimum atomic E-state index is -3.23. The van der Waals surface area contributed by atoms with E-state index in [4.69, 9.17) is 10.5 Å². The lowest BCUT2D eigenvalue weighted by Crippen LogP contribution is -2.31. The molecule has 0 bridgehead atoms. The zero-order valence-electron chi connectivity index (χ0n) is 11.2. The van der Waals surface area contributed by atoms with E-state index in [0.717, 1.165) is 17.6 Å². The van der Waals surface area contributed by atoms with Crippen LogP contribution in [0.1, 0.15) is 18.4 Å². The van der Waals surface area contributed by atoms with Gasteiger partial charge in [-0.05, 0) is 24.6 Å². The van der Waals surface area contributed by atoms with Crippen molar-refractivity contribution in [2.75, 3.05) is 25.2 Å². The molecule has 1 aromatic rings. The van der Waals surface area contributed by atoms with E-state index in [1.54, 1.807) is 24.3 Å². The largest absolute Gasteiger partial charge is 0.494 e. The van der Waals surface area contributed by atoms with Crippen LogP contribution in [0, 0.1) is 0 Å². The molecule has 0 heterocycles. The van der Waals surface area contributed by atoms with Gasteiger partial charge in [0.1, 0.15) is 15.6 Å². The van der Waals surface area contributed by atoms with Crippen LogP contribution in [0.3, 0.4) is 0 Å². The molecule has 2 unspecified atom stereocenters. The number of aliphatic hydroxyl groups is 1. The Labute approximate surface area is 114 Å². The van der Waals surface area contributed by atoms with Gasteiger partial charge in [0.15, 0.2) is 0 Å². The van der Waals surface area contributed by atoms with E-state index >= 15 is 0 Å². The standard InChI is InChI=1S/C13H21NO4S/c1-3-18-11-6-4-10(5-7-11)12(8-14)13(15)9-19(2,16)17/h4-7,12-13,15H,3,8-9,14H2,1-2H3. The van der Waals surface area contributed by atoms with Crippen molar-refractivity contribution < 1.29 is 18.3 Å². The number of hydrogen-bond acceptors (Lipinski definition) is 5. The number of sulfone groups is 1. The highest BCUT2D eigenvalue weighted by atomic mass is 32.2.